The zero-order chi connectivity index (χ0) is 36.8. The van der Waals surface area contributed by atoms with Gasteiger partial charge in [-0.15, -0.1) is 0 Å². The minimum absolute atomic E-state index is 0.0218. The monoisotopic (exact) mass is 690 g/mol. The largest absolute Gasteiger partial charge is 0.481 e. The van der Waals surface area contributed by atoms with Crippen LogP contribution in [0.15, 0.2) is 12.7 Å². The molecule has 4 atom stereocenters. The number of carboxylic acid groups (broad SMARTS) is 2. The van der Waals surface area contributed by atoms with Gasteiger partial charge in [0, 0.05) is 25.2 Å². The molecule has 49 heavy (non-hydrogen) atoms. The molecule has 0 radical (unpaired) electrons. The summed E-state index contributed by atoms with van der Waals surface area (Å²) < 4.78 is 0. The van der Waals surface area contributed by atoms with Gasteiger partial charge in [0.05, 0.1) is 31.7 Å². The molecule has 2 aromatic rings. The van der Waals surface area contributed by atoms with E-state index in [-0.39, 0.29) is 66.1 Å². The number of H-pyrrole nitrogens is 2. The van der Waals surface area contributed by atoms with Crippen LogP contribution in [0.4, 0.5) is 0 Å². The van der Waals surface area contributed by atoms with E-state index in [0.717, 1.165) is 6.33 Å². The third-order valence-corrected chi connectivity index (χ3v) is 7.05. The van der Waals surface area contributed by atoms with Gasteiger partial charge in [-0.05, 0) is 31.6 Å². The van der Waals surface area contributed by atoms with E-state index < -0.39 is 60.1 Å². The molecule has 0 aromatic carbocycles. The number of hydrogen-bond acceptors (Lipinski definition) is 11. The topological polar surface area (TPSA) is 303 Å². The van der Waals surface area contributed by atoms with E-state index in [0.29, 0.717) is 12.8 Å². The highest BCUT2D eigenvalue weighted by molar-refractivity contribution is 6.07. The molecule has 19 nitrogen and oxygen atoms in total. The predicted octanol–water partition coefficient (Wildman–Crippen LogP) is -0.985. The van der Waals surface area contributed by atoms with E-state index in [4.69, 9.17) is 10.8 Å². The molecule has 0 unspecified atom stereocenters. The molecule has 2 aromatic heterocycles. The molecule has 2 rings (SSSR count). The molecule has 11 N–H and O–H groups in total. The summed E-state index contributed by atoms with van der Waals surface area (Å²) in [6.45, 7) is 9.49. The average molecular weight is 691 g/mol. The van der Waals surface area contributed by atoms with Crippen LogP contribution in [0.25, 0.3) is 0 Å². The van der Waals surface area contributed by atoms with E-state index >= 15 is 0 Å². The number of Topliss-reactive ketones (excluding diaryl/α,β-unsaturated/α-hetero) is 1. The Morgan fingerprint density at radius 2 is 1.24 bits per heavy atom. The van der Waals surface area contributed by atoms with Crippen molar-refractivity contribution in [1.82, 2.24) is 46.5 Å². The van der Waals surface area contributed by atoms with Crippen molar-refractivity contribution in [3.63, 3.8) is 0 Å². The van der Waals surface area contributed by atoms with Crippen molar-refractivity contribution in [1.29, 1.82) is 0 Å². The second-order valence-electron chi connectivity index (χ2n) is 12.4. The summed E-state index contributed by atoms with van der Waals surface area (Å²) in [5, 5.41) is 31.1. The van der Waals surface area contributed by atoms with Crippen LogP contribution in [0.2, 0.25) is 0 Å². The Bertz CT molecular complexity index is 1490. The van der Waals surface area contributed by atoms with Crippen LogP contribution in [-0.4, -0.2) is 115 Å². The maximum atomic E-state index is 13.2. The summed E-state index contributed by atoms with van der Waals surface area (Å²) in [5.74, 6) is -6.16. The Balaban J connectivity index is 1.98. The van der Waals surface area contributed by atoms with Crippen LogP contribution in [0.1, 0.15) is 95.8 Å². The lowest BCUT2D eigenvalue weighted by Crippen LogP contribution is -2.48. The van der Waals surface area contributed by atoms with Gasteiger partial charge in [0.1, 0.15) is 17.4 Å². The molecule has 270 valence electrons. The van der Waals surface area contributed by atoms with Crippen molar-refractivity contribution >= 4 is 41.4 Å². The van der Waals surface area contributed by atoms with Crippen LogP contribution >= 0.6 is 0 Å². The number of carboxylic acids is 2. The van der Waals surface area contributed by atoms with Gasteiger partial charge in [-0.25, -0.2) is 14.8 Å². The fourth-order valence-corrected chi connectivity index (χ4v) is 4.77. The first-order chi connectivity index (χ1) is 23.0. The summed E-state index contributed by atoms with van der Waals surface area (Å²) in [4.78, 5) is 99.8. The Kier molecular flexibility index (Phi) is 15.5. The molecular weight excluding hydrogens is 644 g/mol. The highest BCUT2D eigenvalue weighted by Gasteiger charge is 2.29. The van der Waals surface area contributed by atoms with Crippen molar-refractivity contribution in [3.05, 3.63) is 35.4 Å². The van der Waals surface area contributed by atoms with Crippen LogP contribution < -0.4 is 32.3 Å². The van der Waals surface area contributed by atoms with Crippen molar-refractivity contribution in [2.24, 2.45) is 17.6 Å². The number of aliphatic carboxylic acids is 2. The standard InChI is InChI=1S/C30H46N10O9/c1-14(2)6-17(9-31)38-27(45)23-25(36-13-34-23)28(46)39-18(7-15(3)4)20(41)11-32-10-16(5)37-26(44)22-24(35-12-33-22)29(47)40-19(30(48)49)8-21(42)43/h12-19,32H,6-11,31H2,1-5H3,(H,33,35)(H,34,36)(H,37,44)(H,38,45)(H,39,46)(H,40,47)(H,42,43)(H,48,49)/t16-,17-,18-,19-/m0/s1. The van der Waals surface area contributed by atoms with Gasteiger partial charge in [-0.2, -0.15) is 0 Å². The Hall–Kier alpha value is -5.17. The normalized spacial score (nSPS) is 13.6. The number of nitrogens with two attached hydrogens (primary N) is 1. The third-order valence-electron chi connectivity index (χ3n) is 7.05. The van der Waals surface area contributed by atoms with Crippen molar-refractivity contribution in [2.75, 3.05) is 19.6 Å². The van der Waals surface area contributed by atoms with Crippen LogP contribution in [0.5, 0.6) is 0 Å². The number of amides is 4. The van der Waals surface area contributed by atoms with Crippen molar-refractivity contribution in [2.45, 2.75) is 78.0 Å². The summed E-state index contributed by atoms with van der Waals surface area (Å²) in [6, 6.07) is -3.55. The minimum atomic E-state index is -1.74. The number of nitrogens with zero attached hydrogens (tertiary/aromatic N) is 2. The zero-order valence-corrected chi connectivity index (χ0v) is 28.1. The van der Waals surface area contributed by atoms with E-state index in [1.165, 1.54) is 6.33 Å². The minimum Gasteiger partial charge on any atom is -0.481 e. The molecule has 0 aliphatic heterocycles. The lowest BCUT2D eigenvalue weighted by molar-refractivity contribution is -0.145. The van der Waals surface area contributed by atoms with Gasteiger partial charge in [-0.1, -0.05) is 27.7 Å². The second-order valence-corrected chi connectivity index (χ2v) is 12.4. The molecule has 0 fully saturated rings. The lowest BCUT2D eigenvalue weighted by Gasteiger charge is -2.21. The Morgan fingerprint density at radius 1 is 0.735 bits per heavy atom. The fourth-order valence-electron chi connectivity index (χ4n) is 4.77. The fraction of sp³-hybridized carbons (Fsp3) is 0.567. The van der Waals surface area contributed by atoms with Gasteiger partial charge in [0.25, 0.3) is 23.6 Å². The number of ketones is 1. The van der Waals surface area contributed by atoms with E-state index in [2.05, 4.69) is 41.2 Å². The smallest absolute Gasteiger partial charge is 0.326 e. The van der Waals surface area contributed by atoms with Crippen molar-refractivity contribution in [3.8, 4) is 0 Å². The number of aromatic amines is 2. The molecule has 0 saturated heterocycles. The molecule has 0 saturated carbocycles. The van der Waals surface area contributed by atoms with Gasteiger partial charge < -0.3 is 52.5 Å². The SMILES string of the molecule is CC(C)C[C@@H](CN)NC(=O)c1nc[nH]c1C(=O)N[C@@H](CC(C)C)C(=O)CNC[C@H](C)NC(=O)c1nc[nH]c1C(=O)N[C@@H](CC(=O)O)C(=O)O. The molecule has 19 heteroatoms. The molecule has 0 bridgehead atoms. The average Bonchev–Trinajstić information content (AvgIpc) is 3.70. The first-order valence-electron chi connectivity index (χ1n) is 15.7. The quantitative estimate of drug-likeness (QED) is 0.0754. The predicted molar refractivity (Wildman–Crippen MR) is 174 cm³/mol. The van der Waals surface area contributed by atoms with Gasteiger partial charge >= 0.3 is 11.9 Å². The van der Waals surface area contributed by atoms with Crippen LogP contribution in [0.3, 0.4) is 0 Å². The third kappa shape index (κ3) is 12.8. The number of carbonyl (C=O) groups excluding carboxylic acids is 5. The van der Waals surface area contributed by atoms with Crippen LogP contribution in [-0.2, 0) is 14.4 Å². The summed E-state index contributed by atoms with van der Waals surface area (Å²) in [6.07, 6.45) is 2.32. The number of aromatic nitrogens is 4. The number of carbonyl (C=O) groups is 7. The van der Waals surface area contributed by atoms with E-state index in [1.807, 2.05) is 33.0 Å². The number of rotatable bonds is 21. The summed E-state index contributed by atoms with van der Waals surface area (Å²) in [5.41, 5.74) is 4.83. The van der Waals surface area contributed by atoms with Crippen molar-refractivity contribution < 1.29 is 43.8 Å². The van der Waals surface area contributed by atoms with Gasteiger partial charge in [-0.3, -0.25) is 28.8 Å². The van der Waals surface area contributed by atoms with Gasteiger partial charge in [0.2, 0.25) is 0 Å². The highest BCUT2D eigenvalue weighted by Crippen LogP contribution is 2.11. The second kappa shape index (κ2) is 19.0. The van der Waals surface area contributed by atoms with E-state index in [1.54, 1.807) is 6.92 Å². The van der Waals surface area contributed by atoms with Gasteiger partial charge in [0.15, 0.2) is 17.2 Å². The molecule has 0 aliphatic carbocycles. The Morgan fingerprint density at radius 3 is 1.71 bits per heavy atom. The zero-order valence-electron chi connectivity index (χ0n) is 28.1. The molecule has 2 heterocycles. The number of imidazole rings is 2. The van der Waals surface area contributed by atoms with Crippen LogP contribution in [0, 0.1) is 11.8 Å². The molecular formula is C30H46N10O9. The maximum Gasteiger partial charge on any atom is 0.326 e. The molecule has 4 amide bonds. The molecule has 0 spiro atoms. The first-order valence-corrected chi connectivity index (χ1v) is 15.7. The number of nitrogens with one attached hydrogen (secondary N) is 7. The highest BCUT2D eigenvalue weighted by atomic mass is 16.4. The maximum absolute atomic E-state index is 13.2. The first kappa shape index (κ1) is 40.0. The number of hydrogen-bond donors (Lipinski definition) is 10. The Labute approximate surface area is 282 Å². The summed E-state index contributed by atoms with van der Waals surface area (Å²) >= 11 is 0. The van der Waals surface area contributed by atoms with E-state index in [9.17, 15) is 38.7 Å². The lowest BCUT2D eigenvalue weighted by atomic mass is 9.99. The summed E-state index contributed by atoms with van der Waals surface area (Å²) in [7, 11) is 0. The molecule has 0 aliphatic rings.